The third kappa shape index (κ3) is 15.7. The first-order valence-electron chi connectivity index (χ1n) is 9.55. The van der Waals surface area contributed by atoms with Crippen LogP contribution in [0.3, 0.4) is 0 Å². The predicted octanol–water partition coefficient (Wildman–Crippen LogP) is 6.43. The van der Waals surface area contributed by atoms with E-state index in [1.807, 2.05) is 0 Å². The zero-order chi connectivity index (χ0) is 18.1. The average molecular weight is 381 g/mol. The third-order valence-electron chi connectivity index (χ3n) is 3.70. The molecule has 0 bridgehead atoms. The van der Waals surface area contributed by atoms with Gasteiger partial charge in [0.2, 0.25) is 0 Å². The molecular weight excluding hydrogens is 343 g/mol. The summed E-state index contributed by atoms with van der Waals surface area (Å²) in [5, 5.41) is 0.205. The van der Waals surface area contributed by atoms with Crippen molar-refractivity contribution in [1.82, 2.24) is 0 Å². The van der Waals surface area contributed by atoms with Gasteiger partial charge in [0.1, 0.15) is 0 Å². The van der Waals surface area contributed by atoms with Gasteiger partial charge in [-0.15, -0.1) is 0 Å². The molecule has 0 N–H and O–H groups in total. The maximum absolute atomic E-state index is 12.7. The second-order valence-electron chi connectivity index (χ2n) is 6.17. The molecule has 0 spiro atoms. The van der Waals surface area contributed by atoms with E-state index in [1.54, 1.807) is 6.92 Å². The first-order valence-corrected chi connectivity index (χ1v) is 12.3. The Balaban J connectivity index is 3.79. The molecule has 0 aliphatic heterocycles. The largest absolute Gasteiger partial charge is 0.330 e. The van der Waals surface area contributed by atoms with Gasteiger partial charge in [0.15, 0.2) is 5.12 Å². The number of hydrogen-bond acceptors (Lipinski definition) is 5. The highest BCUT2D eigenvalue weighted by Gasteiger charge is 2.23. The monoisotopic (exact) mass is 380 g/mol. The zero-order valence-corrected chi connectivity index (χ0v) is 17.6. The smallest absolute Gasteiger partial charge is 0.309 e. The first-order chi connectivity index (χ1) is 11.5. The van der Waals surface area contributed by atoms with Crippen LogP contribution in [-0.2, 0) is 18.4 Å². The van der Waals surface area contributed by atoms with E-state index in [1.165, 1.54) is 18.2 Å². The van der Waals surface area contributed by atoms with Gasteiger partial charge in [-0.3, -0.25) is 9.36 Å². The lowest BCUT2D eigenvalue weighted by Gasteiger charge is -2.18. The van der Waals surface area contributed by atoms with E-state index in [2.05, 4.69) is 13.8 Å². The van der Waals surface area contributed by atoms with Crippen molar-refractivity contribution >= 4 is 24.5 Å². The summed E-state index contributed by atoms with van der Waals surface area (Å²) in [5.74, 6) is 0.932. The van der Waals surface area contributed by atoms with Crippen LogP contribution < -0.4 is 0 Å². The van der Waals surface area contributed by atoms with Crippen molar-refractivity contribution in [3.8, 4) is 0 Å². The van der Waals surface area contributed by atoms with Crippen LogP contribution in [0.25, 0.3) is 0 Å². The van der Waals surface area contributed by atoms with E-state index >= 15 is 0 Å². The Morgan fingerprint density at radius 3 is 1.83 bits per heavy atom. The minimum atomic E-state index is -2.90. The normalized spacial score (nSPS) is 11.8. The molecule has 6 heteroatoms. The van der Waals surface area contributed by atoms with E-state index < -0.39 is 7.60 Å². The highest BCUT2D eigenvalue weighted by atomic mass is 32.2. The summed E-state index contributed by atoms with van der Waals surface area (Å²) in [7, 11) is -2.90. The number of thioether (sulfide) groups is 1. The van der Waals surface area contributed by atoms with Gasteiger partial charge in [-0.2, -0.15) is 0 Å². The summed E-state index contributed by atoms with van der Waals surface area (Å²) in [5.41, 5.74) is 0. The molecule has 0 unspecified atom stereocenters. The molecule has 0 heterocycles. The molecule has 0 aliphatic carbocycles. The van der Waals surface area contributed by atoms with Gasteiger partial charge >= 0.3 is 7.60 Å². The lowest BCUT2D eigenvalue weighted by atomic mass is 10.1. The van der Waals surface area contributed by atoms with Crippen LogP contribution in [0.1, 0.15) is 85.0 Å². The minimum Gasteiger partial charge on any atom is -0.309 e. The van der Waals surface area contributed by atoms with Crippen molar-refractivity contribution in [2.45, 2.75) is 85.0 Å². The van der Waals surface area contributed by atoms with Crippen LogP contribution in [0.15, 0.2) is 0 Å². The molecule has 4 nitrogen and oxygen atoms in total. The van der Waals surface area contributed by atoms with Crippen LogP contribution in [0, 0.1) is 0 Å². The van der Waals surface area contributed by atoms with E-state index in [0.29, 0.717) is 19.4 Å². The third-order valence-corrected chi connectivity index (χ3v) is 6.62. The molecule has 0 rings (SSSR count). The summed E-state index contributed by atoms with van der Waals surface area (Å²) in [6, 6.07) is 0. The van der Waals surface area contributed by atoms with Crippen LogP contribution >= 0.6 is 19.4 Å². The van der Waals surface area contributed by atoms with Gasteiger partial charge in [0.25, 0.3) is 0 Å². The number of hydrogen-bond donors (Lipinski definition) is 0. The van der Waals surface area contributed by atoms with Crippen LogP contribution in [0.4, 0.5) is 0 Å². The predicted molar refractivity (Wildman–Crippen MR) is 105 cm³/mol. The Hall–Kier alpha value is 0.170. The molecule has 0 aromatic carbocycles. The Bertz CT molecular complexity index is 336. The number of rotatable bonds is 17. The Labute approximate surface area is 153 Å². The van der Waals surface area contributed by atoms with Gasteiger partial charge in [-0.1, -0.05) is 64.1 Å². The molecule has 0 aromatic heterocycles. The van der Waals surface area contributed by atoms with E-state index in [4.69, 9.17) is 9.05 Å². The number of unbranched alkanes of at least 4 members (excludes halogenated alkanes) is 7. The molecule has 0 aromatic rings. The Morgan fingerprint density at radius 2 is 1.33 bits per heavy atom. The molecule has 0 saturated heterocycles. The van der Waals surface area contributed by atoms with Gasteiger partial charge < -0.3 is 9.05 Å². The first kappa shape index (κ1) is 24.2. The SMILES string of the molecule is CCCCOP(=O)(CCCCCCCCSC(C)=O)OCCCC. The second-order valence-corrected chi connectivity index (χ2v) is 9.63. The summed E-state index contributed by atoms with van der Waals surface area (Å²) in [6.07, 6.45) is 11.0. The standard InChI is InChI=1S/C18H37O4PS/c1-4-6-14-21-23(20,22-15-7-5-2)16-12-10-8-9-11-13-17-24-18(3)19/h4-17H2,1-3H3. The fraction of sp³-hybridized carbons (Fsp3) is 0.944. The van der Waals surface area contributed by atoms with Crippen LogP contribution in [0.5, 0.6) is 0 Å². The number of carbonyl (C=O) groups is 1. The van der Waals surface area contributed by atoms with Crippen LogP contribution in [-0.4, -0.2) is 30.2 Å². The molecule has 0 fully saturated rings. The molecule has 0 aliphatic rings. The summed E-state index contributed by atoms with van der Waals surface area (Å²) >= 11 is 1.41. The molecular formula is C18H37O4PS. The lowest BCUT2D eigenvalue weighted by Crippen LogP contribution is -2.03. The summed E-state index contributed by atoms with van der Waals surface area (Å²) in [4.78, 5) is 10.8. The maximum Gasteiger partial charge on any atom is 0.330 e. The second kappa shape index (κ2) is 16.6. The molecule has 0 amide bonds. The van der Waals surface area contributed by atoms with Gasteiger partial charge in [0, 0.05) is 12.7 Å². The van der Waals surface area contributed by atoms with Crippen molar-refractivity contribution in [3.63, 3.8) is 0 Å². The van der Waals surface area contributed by atoms with E-state index in [0.717, 1.165) is 63.5 Å². The molecule has 0 saturated carbocycles. The molecule has 144 valence electrons. The minimum absolute atomic E-state index is 0.205. The lowest BCUT2D eigenvalue weighted by molar-refractivity contribution is -0.109. The summed E-state index contributed by atoms with van der Waals surface area (Å²) < 4.78 is 23.9. The van der Waals surface area contributed by atoms with Crippen molar-refractivity contribution in [2.75, 3.05) is 25.1 Å². The Morgan fingerprint density at radius 1 is 0.833 bits per heavy atom. The number of carbonyl (C=O) groups excluding carboxylic acids is 1. The van der Waals surface area contributed by atoms with E-state index in [-0.39, 0.29) is 5.12 Å². The van der Waals surface area contributed by atoms with Crippen molar-refractivity contribution < 1.29 is 18.4 Å². The fourth-order valence-electron chi connectivity index (χ4n) is 2.19. The van der Waals surface area contributed by atoms with Crippen LogP contribution in [0.2, 0.25) is 0 Å². The van der Waals surface area contributed by atoms with E-state index in [9.17, 15) is 9.36 Å². The molecule has 0 radical (unpaired) electrons. The van der Waals surface area contributed by atoms with Gasteiger partial charge in [-0.05, 0) is 25.7 Å². The van der Waals surface area contributed by atoms with Gasteiger partial charge in [-0.25, -0.2) is 0 Å². The topological polar surface area (TPSA) is 52.6 Å². The average Bonchev–Trinajstić information content (AvgIpc) is 2.53. The Kier molecular flexibility index (Phi) is 16.7. The maximum atomic E-state index is 12.7. The molecule has 0 atom stereocenters. The van der Waals surface area contributed by atoms with Crippen molar-refractivity contribution in [1.29, 1.82) is 0 Å². The highest BCUT2D eigenvalue weighted by molar-refractivity contribution is 8.13. The zero-order valence-electron chi connectivity index (χ0n) is 15.9. The molecule has 24 heavy (non-hydrogen) atoms. The highest BCUT2D eigenvalue weighted by Crippen LogP contribution is 2.49. The van der Waals surface area contributed by atoms with Crippen molar-refractivity contribution in [3.05, 3.63) is 0 Å². The summed E-state index contributed by atoms with van der Waals surface area (Å²) in [6.45, 7) is 6.89. The van der Waals surface area contributed by atoms with Crippen molar-refractivity contribution in [2.24, 2.45) is 0 Å². The quantitative estimate of drug-likeness (QED) is 0.215. The fourth-order valence-corrected chi connectivity index (χ4v) is 4.59. The van der Waals surface area contributed by atoms with Gasteiger partial charge in [0.05, 0.1) is 19.4 Å².